The fourth-order valence-corrected chi connectivity index (χ4v) is 8.40. The van der Waals surface area contributed by atoms with E-state index >= 15 is 0 Å². The van der Waals surface area contributed by atoms with Crippen LogP contribution in [0.5, 0.6) is 0 Å². The molecule has 0 saturated heterocycles. The lowest BCUT2D eigenvalue weighted by atomic mass is 9.45. The minimum absolute atomic E-state index is 0.137. The molecule has 8 atom stereocenters. The highest BCUT2D eigenvalue weighted by molar-refractivity contribution is 5.91. The molecule has 0 aromatic rings. The first-order valence-electron chi connectivity index (χ1n) is 12.7. The maximum Gasteiger partial charge on any atom is 0.155 e. The topological polar surface area (TPSA) is 37.3 Å². The number of aliphatic hydroxyl groups is 1. The first-order chi connectivity index (χ1) is 14.1. The lowest BCUT2D eigenvalue weighted by Crippen LogP contribution is -2.55. The molecule has 0 aliphatic heterocycles. The summed E-state index contributed by atoms with van der Waals surface area (Å²) in [5.41, 5.74) is 3.15. The summed E-state index contributed by atoms with van der Waals surface area (Å²) in [7, 11) is 0. The van der Waals surface area contributed by atoms with Gasteiger partial charge >= 0.3 is 0 Å². The average molecular weight is 413 g/mol. The fourth-order valence-electron chi connectivity index (χ4n) is 8.40. The van der Waals surface area contributed by atoms with Gasteiger partial charge in [0, 0.05) is 6.42 Å². The molecule has 0 spiro atoms. The van der Waals surface area contributed by atoms with E-state index < -0.39 is 0 Å². The van der Waals surface area contributed by atoms with Crippen molar-refractivity contribution in [2.24, 2.45) is 46.3 Å². The maximum absolute atomic E-state index is 12.1. The zero-order chi connectivity index (χ0) is 21.8. The van der Waals surface area contributed by atoms with Gasteiger partial charge < -0.3 is 5.11 Å². The maximum atomic E-state index is 12.1. The van der Waals surface area contributed by atoms with Gasteiger partial charge in [0.05, 0.1) is 6.10 Å². The van der Waals surface area contributed by atoms with Crippen molar-refractivity contribution in [3.63, 3.8) is 0 Å². The van der Waals surface area contributed by atoms with Crippen LogP contribution in [0.2, 0.25) is 0 Å². The quantitative estimate of drug-likeness (QED) is 0.508. The zero-order valence-electron chi connectivity index (χ0n) is 20.0. The third-order valence-corrected chi connectivity index (χ3v) is 10.5. The van der Waals surface area contributed by atoms with Crippen molar-refractivity contribution in [3.05, 3.63) is 23.8 Å². The molecule has 1 N–H and O–H groups in total. The third kappa shape index (κ3) is 3.46. The first-order valence-corrected chi connectivity index (χ1v) is 12.7. The van der Waals surface area contributed by atoms with Gasteiger partial charge in [0.2, 0.25) is 0 Å². The SMILES string of the molecule is C=C(CCC(C)C1CCC2C3C(O)CC4=CC(=O)CCC4(C)C3CCC12C)C(C)C. The van der Waals surface area contributed by atoms with E-state index in [1.165, 1.54) is 43.3 Å². The van der Waals surface area contributed by atoms with Crippen LogP contribution in [0.3, 0.4) is 0 Å². The van der Waals surface area contributed by atoms with Gasteiger partial charge in [0.25, 0.3) is 0 Å². The number of hydrogen-bond donors (Lipinski definition) is 1. The second-order valence-electron chi connectivity index (χ2n) is 12.2. The highest BCUT2D eigenvalue weighted by Crippen LogP contribution is 2.67. The number of carbonyl (C=O) groups excluding carboxylic acids is 1. The highest BCUT2D eigenvalue weighted by atomic mass is 16.3. The molecule has 2 nitrogen and oxygen atoms in total. The molecule has 0 bridgehead atoms. The number of rotatable bonds is 5. The van der Waals surface area contributed by atoms with Crippen LogP contribution in [0, 0.1) is 46.3 Å². The molecular formula is C28H44O2. The molecule has 0 aromatic carbocycles. The number of aliphatic hydroxyl groups excluding tert-OH is 1. The predicted molar refractivity (Wildman–Crippen MR) is 124 cm³/mol. The van der Waals surface area contributed by atoms with Crippen LogP contribution in [-0.4, -0.2) is 17.0 Å². The first kappa shape index (κ1) is 22.3. The van der Waals surface area contributed by atoms with E-state index in [-0.39, 0.29) is 17.3 Å². The molecule has 0 aromatic heterocycles. The lowest BCUT2D eigenvalue weighted by molar-refractivity contribution is -0.124. The monoisotopic (exact) mass is 412 g/mol. The van der Waals surface area contributed by atoms with E-state index in [0.29, 0.717) is 35.5 Å². The van der Waals surface area contributed by atoms with Crippen LogP contribution in [0.15, 0.2) is 23.8 Å². The van der Waals surface area contributed by atoms with E-state index in [9.17, 15) is 9.90 Å². The van der Waals surface area contributed by atoms with Crippen LogP contribution in [0.25, 0.3) is 0 Å². The Morgan fingerprint density at radius 1 is 1.17 bits per heavy atom. The minimum atomic E-state index is -0.264. The Balaban J connectivity index is 1.54. The Hall–Kier alpha value is -0.890. The standard InChI is InChI=1S/C28H44O2/c1-17(2)18(3)7-8-19(4)22-9-10-23-26-24(12-14-28(22,23)6)27(5)13-11-21(29)15-20(27)16-25(26)30/h15,17,19,22-26,30H,3,7-14,16H2,1-2,4-6H3. The van der Waals surface area contributed by atoms with Crippen molar-refractivity contribution in [1.29, 1.82) is 0 Å². The van der Waals surface area contributed by atoms with Crippen LogP contribution in [-0.2, 0) is 4.79 Å². The van der Waals surface area contributed by atoms with Crippen molar-refractivity contribution in [3.8, 4) is 0 Å². The molecule has 4 rings (SSSR count). The van der Waals surface area contributed by atoms with E-state index in [4.69, 9.17) is 0 Å². The fraction of sp³-hybridized carbons (Fsp3) is 0.821. The predicted octanol–water partition coefficient (Wildman–Crippen LogP) is 6.73. The number of allylic oxidation sites excluding steroid dienone is 1. The van der Waals surface area contributed by atoms with Gasteiger partial charge in [-0.15, -0.1) is 0 Å². The Morgan fingerprint density at radius 3 is 2.60 bits per heavy atom. The van der Waals surface area contributed by atoms with Crippen LogP contribution in [0.4, 0.5) is 0 Å². The van der Waals surface area contributed by atoms with Crippen molar-refractivity contribution in [2.75, 3.05) is 0 Å². The van der Waals surface area contributed by atoms with Crippen LogP contribution >= 0.6 is 0 Å². The molecule has 0 amide bonds. The molecule has 2 heteroatoms. The molecular weight excluding hydrogens is 368 g/mol. The molecule has 4 aliphatic carbocycles. The van der Waals surface area contributed by atoms with Gasteiger partial charge in [-0.2, -0.15) is 0 Å². The average Bonchev–Trinajstić information content (AvgIpc) is 3.04. The van der Waals surface area contributed by atoms with Crippen molar-refractivity contribution >= 4 is 5.78 Å². The third-order valence-electron chi connectivity index (χ3n) is 10.5. The second kappa shape index (κ2) is 7.91. The normalized spacial score (nSPS) is 44.2. The van der Waals surface area contributed by atoms with Gasteiger partial charge in [-0.25, -0.2) is 0 Å². The Labute approximate surface area is 184 Å². The number of carbonyl (C=O) groups is 1. The summed E-state index contributed by atoms with van der Waals surface area (Å²) >= 11 is 0. The largest absolute Gasteiger partial charge is 0.392 e. The summed E-state index contributed by atoms with van der Waals surface area (Å²) in [6, 6.07) is 0. The van der Waals surface area contributed by atoms with Gasteiger partial charge in [-0.1, -0.05) is 52.3 Å². The van der Waals surface area contributed by atoms with E-state index in [1.54, 1.807) is 0 Å². The Morgan fingerprint density at radius 2 is 1.90 bits per heavy atom. The summed E-state index contributed by atoms with van der Waals surface area (Å²) in [5, 5.41) is 11.3. The van der Waals surface area contributed by atoms with E-state index in [0.717, 1.165) is 31.1 Å². The molecule has 4 aliphatic rings. The van der Waals surface area contributed by atoms with Gasteiger partial charge in [0.15, 0.2) is 5.78 Å². The molecule has 8 unspecified atom stereocenters. The van der Waals surface area contributed by atoms with Gasteiger partial charge in [-0.3, -0.25) is 4.79 Å². The Kier molecular flexibility index (Phi) is 5.88. The smallest absolute Gasteiger partial charge is 0.155 e. The Bertz CT molecular complexity index is 733. The summed E-state index contributed by atoms with van der Waals surface area (Å²) in [4.78, 5) is 12.1. The van der Waals surface area contributed by atoms with E-state index in [1.807, 2.05) is 6.08 Å². The number of hydrogen-bond acceptors (Lipinski definition) is 2. The number of fused-ring (bicyclic) bond motifs is 5. The van der Waals surface area contributed by atoms with Crippen molar-refractivity contribution in [1.82, 2.24) is 0 Å². The van der Waals surface area contributed by atoms with Crippen molar-refractivity contribution < 1.29 is 9.90 Å². The highest BCUT2D eigenvalue weighted by Gasteiger charge is 2.61. The summed E-state index contributed by atoms with van der Waals surface area (Å²) in [6.07, 6.45) is 11.6. The van der Waals surface area contributed by atoms with Crippen molar-refractivity contribution in [2.45, 2.75) is 98.5 Å². The molecule has 3 saturated carbocycles. The lowest BCUT2D eigenvalue weighted by Gasteiger charge is -2.60. The van der Waals surface area contributed by atoms with Crippen LogP contribution in [0.1, 0.15) is 92.4 Å². The summed E-state index contributed by atoms with van der Waals surface area (Å²) < 4.78 is 0. The second-order valence-corrected chi connectivity index (χ2v) is 12.2. The molecule has 30 heavy (non-hydrogen) atoms. The zero-order valence-corrected chi connectivity index (χ0v) is 20.0. The summed E-state index contributed by atoms with van der Waals surface area (Å²) in [5.74, 6) is 3.96. The number of ketones is 1. The molecule has 0 heterocycles. The minimum Gasteiger partial charge on any atom is -0.392 e. The molecule has 0 radical (unpaired) electrons. The summed E-state index contributed by atoms with van der Waals surface area (Å²) in [6.45, 7) is 16.3. The van der Waals surface area contributed by atoms with Gasteiger partial charge in [0.1, 0.15) is 0 Å². The van der Waals surface area contributed by atoms with Gasteiger partial charge in [-0.05, 0) is 104 Å². The molecule has 168 valence electrons. The molecule has 3 fully saturated rings. The van der Waals surface area contributed by atoms with E-state index in [2.05, 4.69) is 41.2 Å². The van der Waals surface area contributed by atoms with Crippen LogP contribution < -0.4 is 0 Å².